The van der Waals surface area contributed by atoms with Crippen LogP contribution in [-0.4, -0.2) is 9.78 Å². The van der Waals surface area contributed by atoms with Gasteiger partial charge in [0.1, 0.15) is 0 Å². The standard InChI is InChI=1S/C11H14BrN3S/c1-8-3-10(16-11(8)12)6-13-4-9-5-14-15(2)7-9/h3,5,7,13H,4,6H2,1-2H3. The highest BCUT2D eigenvalue weighted by Crippen LogP contribution is 2.27. The third-order valence-electron chi connectivity index (χ3n) is 2.29. The van der Waals surface area contributed by atoms with Crippen molar-refractivity contribution in [3.8, 4) is 0 Å². The summed E-state index contributed by atoms with van der Waals surface area (Å²) in [5, 5.41) is 7.54. The van der Waals surface area contributed by atoms with Crippen molar-refractivity contribution in [1.29, 1.82) is 0 Å². The summed E-state index contributed by atoms with van der Waals surface area (Å²) in [6, 6.07) is 2.21. The molecule has 0 aliphatic rings. The van der Waals surface area contributed by atoms with Gasteiger partial charge in [-0.15, -0.1) is 11.3 Å². The largest absolute Gasteiger partial charge is 0.308 e. The first kappa shape index (κ1) is 11.8. The van der Waals surface area contributed by atoms with Gasteiger partial charge in [0.05, 0.1) is 9.98 Å². The van der Waals surface area contributed by atoms with Crippen molar-refractivity contribution in [2.75, 3.05) is 0 Å². The fourth-order valence-corrected chi connectivity index (χ4v) is 3.10. The van der Waals surface area contributed by atoms with Gasteiger partial charge in [0, 0.05) is 36.8 Å². The summed E-state index contributed by atoms with van der Waals surface area (Å²) in [7, 11) is 1.93. The molecule has 2 rings (SSSR count). The van der Waals surface area contributed by atoms with Crippen LogP contribution < -0.4 is 5.32 Å². The lowest BCUT2D eigenvalue weighted by atomic mass is 10.3. The quantitative estimate of drug-likeness (QED) is 0.941. The van der Waals surface area contributed by atoms with Gasteiger partial charge in [-0.2, -0.15) is 5.10 Å². The Labute approximate surface area is 108 Å². The fourth-order valence-electron chi connectivity index (χ4n) is 1.50. The van der Waals surface area contributed by atoms with Crippen molar-refractivity contribution < 1.29 is 0 Å². The van der Waals surface area contributed by atoms with Crippen LogP contribution in [0.3, 0.4) is 0 Å². The van der Waals surface area contributed by atoms with E-state index in [1.165, 1.54) is 19.8 Å². The third kappa shape index (κ3) is 2.93. The molecule has 2 aromatic rings. The molecular formula is C11H14BrN3S. The third-order valence-corrected chi connectivity index (χ3v) is 4.43. The van der Waals surface area contributed by atoms with E-state index in [0.29, 0.717) is 0 Å². The second-order valence-electron chi connectivity index (χ2n) is 3.80. The lowest BCUT2D eigenvalue weighted by Gasteiger charge is -1.99. The zero-order valence-electron chi connectivity index (χ0n) is 9.33. The lowest BCUT2D eigenvalue weighted by Crippen LogP contribution is -2.11. The van der Waals surface area contributed by atoms with E-state index in [2.05, 4.69) is 39.3 Å². The highest BCUT2D eigenvalue weighted by atomic mass is 79.9. The highest BCUT2D eigenvalue weighted by molar-refractivity contribution is 9.11. The average molecular weight is 300 g/mol. The second-order valence-corrected chi connectivity index (χ2v) is 6.25. The fraction of sp³-hybridized carbons (Fsp3) is 0.364. The second kappa shape index (κ2) is 5.12. The SMILES string of the molecule is Cc1cc(CNCc2cnn(C)c2)sc1Br. The molecule has 16 heavy (non-hydrogen) atoms. The van der Waals surface area contributed by atoms with Gasteiger partial charge in [-0.25, -0.2) is 0 Å². The van der Waals surface area contributed by atoms with Gasteiger partial charge in [0.2, 0.25) is 0 Å². The van der Waals surface area contributed by atoms with E-state index in [-0.39, 0.29) is 0 Å². The number of hydrogen-bond donors (Lipinski definition) is 1. The van der Waals surface area contributed by atoms with Gasteiger partial charge in [0.25, 0.3) is 0 Å². The molecule has 0 atom stereocenters. The van der Waals surface area contributed by atoms with Crippen molar-refractivity contribution in [1.82, 2.24) is 15.1 Å². The molecule has 0 fully saturated rings. The van der Waals surface area contributed by atoms with Crippen molar-refractivity contribution >= 4 is 27.3 Å². The highest BCUT2D eigenvalue weighted by Gasteiger charge is 2.02. The summed E-state index contributed by atoms with van der Waals surface area (Å²) in [6.07, 6.45) is 3.92. The topological polar surface area (TPSA) is 29.9 Å². The van der Waals surface area contributed by atoms with Gasteiger partial charge < -0.3 is 5.32 Å². The molecule has 0 spiro atoms. The molecule has 2 heterocycles. The smallest absolute Gasteiger partial charge is 0.0730 e. The molecule has 0 aromatic carbocycles. The Balaban J connectivity index is 1.84. The van der Waals surface area contributed by atoms with Crippen LogP contribution in [0, 0.1) is 6.92 Å². The predicted molar refractivity (Wildman–Crippen MR) is 70.5 cm³/mol. The normalized spacial score (nSPS) is 10.9. The molecule has 0 bridgehead atoms. The zero-order chi connectivity index (χ0) is 11.5. The first-order valence-electron chi connectivity index (χ1n) is 5.08. The van der Waals surface area contributed by atoms with Crippen LogP contribution >= 0.6 is 27.3 Å². The molecule has 86 valence electrons. The first-order chi connectivity index (χ1) is 7.65. The van der Waals surface area contributed by atoms with Gasteiger partial charge >= 0.3 is 0 Å². The Morgan fingerprint density at radius 1 is 1.50 bits per heavy atom. The van der Waals surface area contributed by atoms with Gasteiger partial charge in [-0.3, -0.25) is 4.68 Å². The minimum Gasteiger partial charge on any atom is -0.308 e. The molecule has 0 radical (unpaired) electrons. The van der Waals surface area contributed by atoms with Crippen LogP contribution in [-0.2, 0) is 20.1 Å². The Morgan fingerprint density at radius 3 is 2.88 bits per heavy atom. The summed E-state index contributed by atoms with van der Waals surface area (Å²) < 4.78 is 3.05. The van der Waals surface area contributed by atoms with E-state index >= 15 is 0 Å². The number of thiophene rings is 1. The summed E-state index contributed by atoms with van der Waals surface area (Å²) in [4.78, 5) is 1.35. The molecule has 0 amide bonds. The van der Waals surface area contributed by atoms with Gasteiger partial charge in [-0.05, 0) is 34.5 Å². The minimum absolute atomic E-state index is 0.863. The van der Waals surface area contributed by atoms with E-state index in [1.807, 2.05) is 24.1 Å². The summed E-state index contributed by atoms with van der Waals surface area (Å²) in [5.74, 6) is 0. The molecule has 0 aliphatic carbocycles. The van der Waals surface area contributed by atoms with Crippen molar-refractivity contribution in [3.63, 3.8) is 0 Å². The van der Waals surface area contributed by atoms with Crippen LogP contribution in [0.1, 0.15) is 16.0 Å². The van der Waals surface area contributed by atoms with E-state index < -0.39 is 0 Å². The molecule has 0 unspecified atom stereocenters. The van der Waals surface area contributed by atoms with Crippen LogP contribution in [0.4, 0.5) is 0 Å². The lowest BCUT2D eigenvalue weighted by molar-refractivity contribution is 0.699. The molecule has 3 nitrogen and oxygen atoms in total. The number of aromatic nitrogens is 2. The Morgan fingerprint density at radius 2 is 2.31 bits per heavy atom. The Hall–Kier alpha value is -0.650. The Bertz CT molecular complexity index is 456. The molecule has 5 heteroatoms. The van der Waals surface area contributed by atoms with Crippen LogP contribution in [0.25, 0.3) is 0 Å². The molecule has 0 saturated carbocycles. The first-order valence-corrected chi connectivity index (χ1v) is 6.69. The van der Waals surface area contributed by atoms with E-state index in [1.54, 1.807) is 11.3 Å². The maximum Gasteiger partial charge on any atom is 0.0730 e. The Kier molecular flexibility index (Phi) is 3.78. The van der Waals surface area contributed by atoms with Crippen molar-refractivity contribution in [3.05, 3.63) is 38.3 Å². The van der Waals surface area contributed by atoms with E-state index in [4.69, 9.17) is 0 Å². The number of nitrogens with one attached hydrogen (secondary N) is 1. The summed E-state index contributed by atoms with van der Waals surface area (Å²) in [6.45, 7) is 3.89. The van der Waals surface area contributed by atoms with E-state index in [0.717, 1.165) is 13.1 Å². The number of hydrogen-bond acceptors (Lipinski definition) is 3. The summed E-state index contributed by atoms with van der Waals surface area (Å²) >= 11 is 5.32. The van der Waals surface area contributed by atoms with Crippen LogP contribution in [0.5, 0.6) is 0 Å². The summed E-state index contributed by atoms with van der Waals surface area (Å²) in [5.41, 5.74) is 2.53. The molecule has 0 aliphatic heterocycles. The van der Waals surface area contributed by atoms with Crippen molar-refractivity contribution in [2.45, 2.75) is 20.0 Å². The molecule has 1 N–H and O–H groups in total. The molecular weight excluding hydrogens is 286 g/mol. The van der Waals surface area contributed by atoms with Gasteiger partial charge in [-0.1, -0.05) is 0 Å². The maximum atomic E-state index is 4.13. The van der Waals surface area contributed by atoms with Crippen LogP contribution in [0.2, 0.25) is 0 Å². The van der Waals surface area contributed by atoms with E-state index in [9.17, 15) is 0 Å². The van der Waals surface area contributed by atoms with Crippen molar-refractivity contribution in [2.24, 2.45) is 7.05 Å². The number of aryl methyl sites for hydroxylation is 2. The number of nitrogens with zero attached hydrogens (tertiary/aromatic N) is 2. The zero-order valence-corrected chi connectivity index (χ0v) is 11.7. The maximum absolute atomic E-state index is 4.13. The molecule has 0 saturated heterocycles. The predicted octanol–water partition coefficient (Wildman–Crippen LogP) is 2.84. The average Bonchev–Trinajstić information content (AvgIpc) is 2.75. The minimum atomic E-state index is 0.863. The number of rotatable bonds is 4. The van der Waals surface area contributed by atoms with Crippen LogP contribution in [0.15, 0.2) is 22.2 Å². The van der Waals surface area contributed by atoms with Gasteiger partial charge in [0.15, 0.2) is 0 Å². The number of halogens is 1. The monoisotopic (exact) mass is 299 g/mol. The molecule has 2 aromatic heterocycles.